The number of rotatable bonds is 3. The summed E-state index contributed by atoms with van der Waals surface area (Å²) in [6.07, 6.45) is -0.460. The Bertz CT molecular complexity index is 284. The molecule has 1 aromatic carbocycles. The third-order valence-corrected chi connectivity index (χ3v) is 1.87. The molecule has 0 saturated carbocycles. The van der Waals surface area contributed by atoms with Crippen molar-refractivity contribution in [2.75, 3.05) is 6.61 Å². The first-order valence-electron chi connectivity index (χ1n) is 4.16. The van der Waals surface area contributed by atoms with Crippen LogP contribution in [-0.2, 0) is 0 Å². The topological polar surface area (TPSA) is 29.5 Å². The number of halogens is 1. The summed E-state index contributed by atoms with van der Waals surface area (Å²) in [5.74, 6) is 0.730. The van der Waals surface area contributed by atoms with E-state index >= 15 is 0 Å². The fourth-order valence-corrected chi connectivity index (χ4v) is 1.10. The highest BCUT2D eigenvalue weighted by molar-refractivity contribution is 6.30. The van der Waals surface area contributed by atoms with Gasteiger partial charge >= 0.3 is 0 Å². The van der Waals surface area contributed by atoms with Crippen molar-refractivity contribution in [3.63, 3.8) is 0 Å². The highest BCUT2D eigenvalue weighted by Gasteiger charge is 2.02. The zero-order valence-corrected chi connectivity index (χ0v) is 8.51. The Kier molecular flexibility index (Phi) is 3.58. The zero-order chi connectivity index (χ0) is 9.84. The lowest BCUT2D eigenvalue weighted by atomic mass is 10.2. The first-order valence-corrected chi connectivity index (χ1v) is 4.54. The molecule has 0 bridgehead atoms. The van der Waals surface area contributed by atoms with E-state index in [0.717, 1.165) is 11.3 Å². The number of aliphatic hydroxyl groups is 1. The quantitative estimate of drug-likeness (QED) is 0.812. The molecule has 3 heteroatoms. The highest BCUT2D eigenvalue weighted by atomic mass is 35.5. The Morgan fingerprint density at radius 2 is 2.23 bits per heavy atom. The summed E-state index contributed by atoms with van der Waals surface area (Å²) < 4.78 is 5.34. The molecule has 0 aliphatic carbocycles. The maximum absolute atomic E-state index is 9.02. The van der Waals surface area contributed by atoms with Gasteiger partial charge in [-0.2, -0.15) is 0 Å². The second-order valence-electron chi connectivity index (χ2n) is 3.07. The van der Waals surface area contributed by atoms with Crippen LogP contribution < -0.4 is 4.74 Å². The predicted octanol–water partition coefficient (Wildman–Crippen LogP) is 2.41. The summed E-state index contributed by atoms with van der Waals surface area (Å²) in [6.45, 7) is 3.91. The average Bonchev–Trinajstić information content (AvgIpc) is 2.06. The minimum atomic E-state index is -0.460. The van der Waals surface area contributed by atoms with E-state index in [9.17, 15) is 0 Å². The number of hydrogen-bond donors (Lipinski definition) is 1. The minimum Gasteiger partial charge on any atom is -0.491 e. The van der Waals surface area contributed by atoms with Crippen molar-refractivity contribution in [1.82, 2.24) is 0 Å². The molecule has 0 saturated heterocycles. The minimum absolute atomic E-state index is 0.293. The van der Waals surface area contributed by atoms with Crippen LogP contribution in [0, 0.1) is 6.92 Å². The van der Waals surface area contributed by atoms with E-state index in [4.69, 9.17) is 21.4 Å². The largest absolute Gasteiger partial charge is 0.491 e. The van der Waals surface area contributed by atoms with Crippen LogP contribution in [0.15, 0.2) is 18.2 Å². The summed E-state index contributed by atoms with van der Waals surface area (Å²) >= 11 is 5.79. The number of ether oxygens (including phenoxy) is 1. The third kappa shape index (κ3) is 3.25. The van der Waals surface area contributed by atoms with E-state index in [1.807, 2.05) is 19.1 Å². The van der Waals surface area contributed by atoms with Gasteiger partial charge in [-0.25, -0.2) is 0 Å². The monoisotopic (exact) mass is 200 g/mol. The molecule has 0 fully saturated rings. The Balaban J connectivity index is 2.70. The van der Waals surface area contributed by atoms with Gasteiger partial charge in [-0.3, -0.25) is 0 Å². The van der Waals surface area contributed by atoms with Crippen molar-refractivity contribution in [2.45, 2.75) is 20.0 Å². The van der Waals surface area contributed by atoms with Crippen LogP contribution in [0.5, 0.6) is 5.75 Å². The standard InChI is InChI=1S/C10H13ClO2/c1-7-3-4-9(11)5-10(7)13-6-8(2)12/h3-5,8,12H,6H2,1-2H3/t8-/m1/s1. The molecule has 0 unspecified atom stereocenters. The van der Waals surface area contributed by atoms with Gasteiger partial charge in [0.15, 0.2) is 0 Å². The van der Waals surface area contributed by atoms with Gasteiger partial charge in [-0.05, 0) is 31.5 Å². The SMILES string of the molecule is Cc1ccc(Cl)cc1OC[C@@H](C)O. The molecule has 0 spiro atoms. The Morgan fingerprint density at radius 1 is 1.54 bits per heavy atom. The fraction of sp³-hybridized carbons (Fsp3) is 0.400. The molecule has 0 radical (unpaired) electrons. The number of hydrogen-bond acceptors (Lipinski definition) is 2. The fourth-order valence-electron chi connectivity index (χ4n) is 0.940. The van der Waals surface area contributed by atoms with Gasteiger partial charge in [-0.1, -0.05) is 17.7 Å². The van der Waals surface area contributed by atoms with Crippen molar-refractivity contribution in [3.05, 3.63) is 28.8 Å². The lowest BCUT2D eigenvalue weighted by Gasteiger charge is -2.10. The van der Waals surface area contributed by atoms with E-state index in [1.165, 1.54) is 0 Å². The molecule has 0 amide bonds. The molecular weight excluding hydrogens is 188 g/mol. The number of benzene rings is 1. The van der Waals surface area contributed by atoms with Crippen molar-refractivity contribution < 1.29 is 9.84 Å². The van der Waals surface area contributed by atoms with E-state index in [2.05, 4.69) is 0 Å². The van der Waals surface area contributed by atoms with E-state index in [-0.39, 0.29) is 0 Å². The second-order valence-corrected chi connectivity index (χ2v) is 3.51. The van der Waals surface area contributed by atoms with Crippen LogP contribution >= 0.6 is 11.6 Å². The van der Waals surface area contributed by atoms with E-state index in [1.54, 1.807) is 13.0 Å². The maximum Gasteiger partial charge on any atom is 0.123 e. The maximum atomic E-state index is 9.02. The molecule has 0 heterocycles. The number of aliphatic hydroxyl groups excluding tert-OH is 1. The van der Waals surface area contributed by atoms with Gasteiger partial charge in [0.05, 0.1) is 6.10 Å². The second kappa shape index (κ2) is 4.49. The smallest absolute Gasteiger partial charge is 0.123 e. The summed E-state index contributed by atoms with van der Waals surface area (Å²) in [4.78, 5) is 0. The summed E-state index contributed by atoms with van der Waals surface area (Å²) in [5, 5.41) is 9.66. The molecule has 1 rings (SSSR count). The molecule has 0 aliphatic rings. The first-order chi connectivity index (χ1) is 6.09. The normalized spacial score (nSPS) is 12.6. The molecule has 0 aromatic heterocycles. The highest BCUT2D eigenvalue weighted by Crippen LogP contribution is 2.22. The molecule has 1 aromatic rings. The van der Waals surface area contributed by atoms with Crippen LogP contribution in [-0.4, -0.2) is 17.8 Å². The Morgan fingerprint density at radius 3 is 2.85 bits per heavy atom. The van der Waals surface area contributed by atoms with Crippen LogP contribution in [0.3, 0.4) is 0 Å². The summed E-state index contributed by atoms with van der Waals surface area (Å²) in [7, 11) is 0. The summed E-state index contributed by atoms with van der Waals surface area (Å²) in [6, 6.07) is 5.45. The predicted molar refractivity (Wildman–Crippen MR) is 53.4 cm³/mol. The van der Waals surface area contributed by atoms with Gasteiger partial charge in [0.1, 0.15) is 12.4 Å². The lowest BCUT2D eigenvalue weighted by Crippen LogP contribution is -2.13. The van der Waals surface area contributed by atoms with Gasteiger partial charge < -0.3 is 9.84 Å². The lowest BCUT2D eigenvalue weighted by molar-refractivity contribution is 0.122. The number of aryl methyl sites for hydroxylation is 1. The third-order valence-electron chi connectivity index (χ3n) is 1.63. The molecule has 0 aliphatic heterocycles. The van der Waals surface area contributed by atoms with Crippen molar-refractivity contribution in [3.8, 4) is 5.75 Å². The average molecular weight is 201 g/mol. The molecule has 1 N–H and O–H groups in total. The van der Waals surface area contributed by atoms with E-state index in [0.29, 0.717) is 11.6 Å². The molecule has 1 atom stereocenters. The van der Waals surface area contributed by atoms with Gasteiger partial charge in [0.25, 0.3) is 0 Å². The van der Waals surface area contributed by atoms with Gasteiger partial charge in [-0.15, -0.1) is 0 Å². The Labute approximate surface area is 83.1 Å². The van der Waals surface area contributed by atoms with Gasteiger partial charge in [0, 0.05) is 5.02 Å². The Hall–Kier alpha value is -0.730. The van der Waals surface area contributed by atoms with Crippen molar-refractivity contribution in [1.29, 1.82) is 0 Å². The van der Waals surface area contributed by atoms with Gasteiger partial charge in [0.2, 0.25) is 0 Å². The molecular formula is C10H13ClO2. The molecule has 13 heavy (non-hydrogen) atoms. The van der Waals surface area contributed by atoms with Crippen LogP contribution in [0.25, 0.3) is 0 Å². The molecule has 2 nitrogen and oxygen atoms in total. The molecule has 72 valence electrons. The van der Waals surface area contributed by atoms with E-state index < -0.39 is 6.10 Å². The van der Waals surface area contributed by atoms with Crippen molar-refractivity contribution in [2.24, 2.45) is 0 Å². The summed E-state index contributed by atoms with van der Waals surface area (Å²) in [5.41, 5.74) is 1.02. The van der Waals surface area contributed by atoms with Crippen LogP contribution in [0.2, 0.25) is 5.02 Å². The van der Waals surface area contributed by atoms with Crippen LogP contribution in [0.4, 0.5) is 0 Å². The zero-order valence-electron chi connectivity index (χ0n) is 7.75. The first kappa shape index (κ1) is 10.4. The van der Waals surface area contributed by atoms with Crippen molar-refractivity contribution >= 4 is 11.6 Å². The van der Waals surface area contributed by atoms with Crippen LogP contribution in [0.1, 0.15) is 12.5 Å².